The van der Waals surface area contributed by atoms with Crippen LogP contribution in [0.1, 0.15) is 54.8 Å². The van der Waals surface area contributed by atoms with Crippen molar-refractivity contribution in [2.24, 2.45) is 0 Å². The maximum absolute atomic E-state index is 13.2. The Morgan fingerprint density at radius 2 is 1.80 bits per heavy atom. The van der Waals surface area contributed by atoms with Crippen LogP contribution in [0.15, 0.2) is 71.5 Å². The number of amides is 3. The molecule has 4 aromatic rings. The van der Waals surface area contributed by atoms with Crippen LogP contribution in [0.3, 0.4) is 0 Å². The van der Waals surface area contributed by atoms with E-state index >= 15 is 0 Å². The van der Waals surface area contributed by atoms with Crippen molar-refractivity contribution in [3.05, 3.63) is 101 Å². The smallest absolute Gasteiger partial charge is 0.433 e. The molecule has 1 aliphatic heterocycles. The molecule has 0 saturated carbocycles. The predicted octanol–water partition coefficient (Wildman–Crippen LogP) is 4.12. The normalized spacial score (nSPS) is 13.3. The van der Waals surface area contributed by atoms with E-state index < -0.39 is 23.7 Å². The number of fused-ring (bicyclic) bond motifs is 1. The minimum Gasteiger partial charge on any atom is -0.459 e. The number of benzene rings is 1. The number of hydrogen-bond donors (Lipinski definition) is 2. The average molecular weight is 553 g/mol. The van der Waals surface area contributed by atoms with Gasteiger partial charge in [-0.25, -0.2) is 0 Å². The van der Waals surface area contributed by atoms with E-state index in [1.165, 1.54) is 30.5 Å². The summed E-state index contributed by atoms with van der Waals surface area (Å²) in [5.41, 5.74) is 0.356. The van der Waals surface area contributed by atoms with E-state index in [0.29, 0.717) is 36.5 Å². The highest BCUT2D eigenvalue weighted by Gasteiger charge is 2.35. The lowest BCUT2D eigenvalue weighted by molar-refractivity contribution is -0.141. The predicted molar refractivity (Wildman–Crippen MR) is 135 cm³/mol. The maximum Gasteiger partial charge on any atom is 0.433 e. The zero-order valence-corrected chi connectivity index (χ0v) is 20.9. The summed E-state index contributed by atoms with van der Waals surface area (Å²) in [4.78, 5) is 43.1. The van der Waals surface area contributed by atoms with Crippen molar-refractivity contribution in [2.45, 2.75) is 32.2 Å². The van der Waals surface area contributed by atoms with Crippen LogP contribution in [0, 0.1) is 0 Å². The summed E-state index contributed by atoms with van der Waals surface area (Å²) < 4.78 is 46.3. The Morgan fingerprint density at radius 3 is 2.52 bits per heavy atom. The zero-order valence-electron chi connectivity index (χ0n) is 20.9. The summed E-state index contributed by atoms with van der Waals surface area (Å²) in [6.07, 6.45) is -1.61. The molecule has 1 aromatic carbocycles. The molecule has 0 spiro atoms. The lowest BCUT2D eigenvalue weighted by atomic mass is 10.1. The van der Waals surface area contributed by atoms with E-state index in [-0.39, 0.29) is 36.0 Å². The molecule has 206 valence electrons. The van der Waals surface area contributed by atoms with Crippen molar-refractivity contribution in [3.63, 3.8) is 0 Å². The second-order valence-corrected chi connectivity index (χ2v) is 9.02. The maximum atomic E-state index is 13.2. The molecule has 0 radical (unpaired) electrons. The van der Waals surface area contributed by atoms with Crippen molar-refractivity contribution < 1.29 is 32.0 Å². The lowest BCUT2D eigenvalue weighted by Crippen LogP contribution is -2.30. The third-order valence-electron chi connectivity index (χ3n) is 6.27. The minimum absolute atomic E-state index is 0.0402. The monoisotopic (exact) mass is 552 g/mol. The van der Waals surface area contributed by atoms with Gasteiger partial charge >= 0.3 is 6.18 Å². The van der Waals surface area contributed by atoms with E-state index in [1.54, 1.807) is 39.9 Å². The van der Waals surface area contributed by atoms with Gasteiger partial charge in [-0.1, -0.05) is 6.07 Å². The van der Waals surface area contributed by atoms with Crippen LogP contribution in [-0.2, 0) is 25.8 Å². The first kappa shape index (κ1) is 26.7. The summed E-state index contributed by atoms with van der Waals surface area (Å²) in [5.74, 6) is -1.12. The Balaban J connectivity index is 1.23. The van der Waals surface area contributed by atoms with Gasteiger partial charge in [-0.05, 0) is 55.0 Å². The molecule has 13 heteroatoms. The van der Waals surface area contributed by atoms with Gasteiger partial charge in [-0.15, -0.1) is 0 Å². The first-order valence-electron chi connectivity index (χ1n) is 12.3. The molecular formula is C27H23F3N6O4. The largest absolute Gasteiger partial charge is 0.459 e. The van der Waals surface area contributed by atoms with Crippen molar-refractivity contribution in [1.82, 2.24) is 25.0 Å². The molecule has 3 aromatic heterocycles. The number of carbonyl (C=O) groups excluding carboxylic acids is 3. The van der Waals surface area contributed by atoms with Gasteiger partial charge in [0.25, 0.3) is 17.7 Å². The third kappa shape index (κ3) is 5.87. The summed E-state index contributed by atoms with van der Waals surface area (Å²) in [5, 5.41) is 9.46. The quantitative estimate of drug-likeness (QED) is 0.371. The highest BCUT2D eigenvalue weighted by Crippen LogP contribution is 2.30. The first-order valence-corrected chi connectivity index (χ1v) is 12.3. The molecule has 0 bridgehead atoms. The number of carbonyl (C=O) groups is 3. The second-order valence-electron chi connectivity index (χ2n) is 9.02. The molecule has 3 amide bonds. The van der Waals surface area contributed by atoms with Crippen LogP contribution in [0.25, 0.3) is 0 Å². The van der Waals surface area contributed by atoms with Crippen LogP contribution >= 0.6 is 0 Å². The van der Waals surface area contributed by atoms with Gasteiger partial charge in [0, 0.05) is 42.6 Å². The number of pyridine rings is 1. The fourth-order valence-electron chi connectivity index (χ4n) is 4.33. The molecule has 0 atom stereocenters. The zero-order chi connectivity index (χ0) is 28.3. The summed E-state index contributed by atoms with van der Waals surface area (Å²) in [7, 11) is 0. The standard InChI is InChI=1S/C27H23F3N6O4/c28-27(29,30)23-18(4-1-10-31-23)15-32-24(37)21-14-20-16-35(11-3-12-36(20)34-21)26(39)17-6-8-19(9-7-17)33-25(38)22-5-2-13-40-22/h1-2,4-10,13-14H,3,11-12,15-16H2,(H,32,37)(H,33,38). The second kappa shape index (κ2) is 11.0. The Bertz CT molecular complexity index is 1530. The van der Waals surface area contributed by atoms with E-state index in [2.05, 4.69) is 20.7 Å². The summed E-state index contributed by atoms with van der Waals surface area (Å²) >= 11 is 0. The molecule has 2 N–H and O–H groups in total. The molecule has 4 heterocycles. The minimum atomic E-state index is -4.64. The van der Waals surface area contributed by atoms with Crippen molar-refractivity contribution in [1.29, 1.82) is 0 Å². The Hall–Kier alpha value is -4.94. The number of anilines is 1. The molecule has 0 unspecified atom stereocenters. The van der Waals surface area contributed by atoms with Crippen molar-refractivity contribution in [3.8, 4) is 0 Å². The van der Waals surface area contributed by atoms with E-state index in [1.807, 2.05) is 0 Å². The molecule has 40 heavy (non-hydrogen) atoms. The highest BCUT2D eigenvalue weighted by atomic mass is 19.4. The Labute approximate surface area is 225 Å². The number of halogens is 3. The van der Waals surface area contributed by atoms with Gasteiger partial charge in [-0.2, -0.15) is 18.3 Å². The molecule has 0 aliphatic carbocycles. The summed E-state index contributed by atoms with van der Waals surface area (Å²) in [6.45, 7) is 0.746. The van der Waals surface area contributed by atoms with Crippen LogP contribution < -0.4 is 10.6 Å². The van der Waals surface area contributed by atoms with Crippen molar-refractivity contribution in [2.75, 3.05) is 11.9 Å². The van der Waals surface area contributed by atoms with Gasteiger partial charge in [0.2, 0.25) is 0 Å². The van der Waals surface area contributed by atoms with Crippen LogP contribution in [0.2, 0.25) is 0 Å². The van der Waals surface area contributed by atoms with E-state index in [9.17, 15) is 27.6 Å². The number of hydrogen-bond acceptors (Lipinski definition) is 6. The summed E-state index contributed by atoms with van der Waals surface area (Å²) in [6, 6.07) is 13.7. The third-order valence-corrected chi connectivity index (χ3v) is 6.27. The first-order chi connectivity index (χ1) is 19.2. The number of aryl methyl sites for hydroxylation is 1. The fourth-order valence-corrected chi connectivity index (χ4v) is 4.33. The number of aromatic nitrogens is 3. The van der Waals surface area contributed by atoms with Crippen LogP contribution in [0.5, 0.6) is 0 Å². The van der Waals surface area contributed by atoms with E-state index in [0.717, 1.165) is 6.20 Å². The number of alkyl halides is 3. The fraction of sp³-hybridized carbons (Fsp3) is 0.222. The van der Waals surface area contributed by atoms with Gasteiger partial charge < -0.3 is 20.0 Å². The molecule has 1 aliphatic rings. The van der Waals surface area contributed by atoms with Gasteiger partial charge in [0.15, 0.2) is 11.5 Å². The Kier molecular flexibility index (Phi) is 7.36. The average Bonchev–Trinajstić information content (AvgIpc) is 3.58. The van der Waals surface area contributed by atoms with Crippen molar-refractivity contribution >= 4 is 23.4 Å². The van der Waals surface area contributed by atoms with Gasteiger partial charge in [0.05, 0.1) is 18.5 Å². The number of nitrogens with one attached hydrogen (secondary N) is 2. The number of rotatable bonds is 6. The lowest BCUT2D eigenvalue weighted by Gasteiger charge is -2.20. The van der Waals surface area contributed by atoms with Crippen LogP contribution in [0.4, 0.5) is 18.9 Å². The number of furan rings is 1. The van der Waals surface area contributed by atoms with Gasteiger partial charge in [-0.3, -0.25) is 24.0 Å². The highest BCUT2D eigenvalue weighted by molar-refractivity contribution is 6.02. The molecule has 5 rings (SSSR count). The SMILES string of the molecule is O=C(NCc1cccnc1C(F)(F)F)c1cc2n(n1)CCCN(C(=O)c1ccc(NC(=O)c3ccco3)cc1)C2. The molecule has 10 nitrogen and oxygen atoms in total. The Morgan fingerprint density at radius 1 is 1.00 bits per heavy atom. The molecule has 0 fully saturated rings. The van der Waals surface area contributed by atoms with Gasteiger partial charge in [0.1, 0.15) is 5.69 Å². The van der Waals surface area contributed by atoms with Crippen LogP contribution in [-0.4, -0.2) is 43.9 Å². The topological polar surface area (TPSA) is 122 Å². The number of nitrogens with zero attached hydrogens (tertiary/aromatic N) is 4. The van der Waals surface area contributed by atoms with E-state index in [4.69, 9.17) is 4.42 Å². The molecule has 0 saturated heterocycles. The molecular weight excluding hydrogens is 529 g/mol.